The van der Waals surface area contributed by atoms with Gasteiger partial charge in [0.05, 0.1) is 10.6 Å². The Balaban J connectivity index is 1.86. The monoisotopic (exact) mass is 430 g/mol. The zero-order valence-electron chi connectivity index (χ0n) is 15.5. The number of nitrogens with zero attached hydrogens (tertiary/aromatic N) is 1. The van der Waals surface area contributed by atoms with Gasteiger partial charge >= 0.3 is 6.18 Å². The smallest absolute Gasteiger partial charge is 0.416 e. The number of rotatable bonds is 4. The number of anilines is 1. The number of carbonyl (C=O) groups excluding carboxylic acids is 1. The minimum atomic E-state index is -4.53. The minimum absolute atomic E-state index is 0.0498. The summed E-state index contributed by atoms with van der Waals surface area (Å²) in [5.41, 5.74) is 0.481. The molecule has 1 aromatic heterocycles. The predicted molar refractivity (Wildman–Crippen MR) is 108 cm³/mol. The molecule has 30 heavy (non-hydrogen) atoms. The van der Waals surface area contributed by atoms with Gasteiger partial charge in [0.25, 0.3) is 5.91 Å². The molecule has 4 nitrogen and oxygen atoms in total. The van der Waals surface area contributed by atoms with Crippen molar-refractivity contribution < 1.29 is 22.4 Å². The summed E-state index contributed by atoms with van der Waals surface area (Å²) in [7, 11) is 0. The Hall–Kier alpha value is -3.50. The Morgan fingerprint density at radius 3 is 2.47 bits per heavy atom. The van der Waals surface area contributed by atoms with Gasteiger partial charge in [-0.1, -0.05) is 29.3 Å². The van der Waals surface area contributed by atoms with Gasteiger partial charge in [-0.15, -0.1) is 0 Å². The van der Waals surface area contributed by atoms with E-state index >= 15 is 0 Å². The van der Waals surface area contributed by atoms with E-state index in [4.69, 9.17) is 16.0 Å². The molecule has 2 aromatic carbocycles. The van der Waals surface area contributed by atoms with Crippen LogP contribution in [-0.2, 0) is 11.0 Å². The first-order valence-corrected chi connectivity index (χ1v) is 9.02. The van der Waals surface area contributed by atoms with Crippen molar-refractivity contribution in [2.75, 3.05) is 5.32 Å². The van der Waals surface area contributed by atoms with Gasteiger partial charge < -0.3 is 9.73 Å². The van der Waals surface area contributed by atoms with Crippen LogP contribution in [0.3, 0.4) is 0 Å². The van der Waals surface area contributed by atoms with Crippen LogP contribution in [0.4, 0.5) is 18.9 Å². The fourth-order valence-corrected chi connectivity index (χ4v) is 2.80. The number of nitriles is 1. The van der Waals surface area contributed by atoms with Crippen LogP contribution >= 0.6 is 11.6 Å². The van der Waals surface area contributed by atoms with Crippen molar-refractivity contribution in [3.05, 3.63) is 82.1 Å². The van der Waals surface area contributed by atoms with Crippen molar-refractivity contribution in [2.24, 2.45) is 0 Å². The maximum absolute atomic E-state index is 13.0. The summed E-state index contributed by atoms with van der Waals surface area (Å²) in [4.78, 5) is 12.3. The molecule has 0 atom stereocenters. The first-order valence-electron chi connectivity index (χ1n) is 8.64. The van der Waals surface area contributed by atoms with E-state index in [0.29, 0.717) is 5.69 Å². The maximum Gasteiger partial charge on any atom is 0.416 e. The fraction of sp³-hybridized carbons (Fsp3) is 0.0909. The Labute approximate surface area is 175 Å². The number of furan rings is 1. The summed E-state index contributed by atoms with van der Waals surface area (Å²) in [5.74, 6) is -0.445. The summed E-state index contributed by atoms with van der Waals surface area (Å²) in [6.07, 6.45) is -3.33. The van der Waals surface area contributed by atoms with Crippen LogP contribution in [0, 0.1) is 18.3 Å². The number of hydrogen-bond acceptors (Lipinski definition) is 3. The molecule has 0 aliphatic carbocycles. The highest BCUT2D eigenvalue weighted by Crippen LogP contribution is 2.36. The lowest BCUT2D eigenvalue weighted by Gasteiger charge is -2.09. The molecule has 1 amide bonds. The Bertz CT molecular complexity index is 1160. The van der Waals surface area contributed by atoms with E-state index in [1.165, 1.54) is 18.2 Å². The molecule has 0 bridgehead atoms. The molecule has 3 aromatic rings. The lowest BCUT2D eigenvalue weighted by atomic mass is 10.1. The number of benzene rings is 2. The first kappa shape index (κ1) is 21.2. The van der Waals surface area contributed by atoms with Gasteiger partial charge in [-0.05, 0) is 49.4 Å². The quantitative estimate of drug-likeness (QED) is 0.381. The van der Waals surface area contributed by atoms with E-state index in [1.807, 2.05) is 19.1 Å². The second kappa shape index (κ2) is 8.47. The molecule has 0 saturated carbocycles. The third-order valence-corrected chi connectivity index (χ3v) is 4.48. The highest BCUT2D eigenvalue weighted by atomic mass is 35.5. The standard InChI is InChI=1S/C22H14ClF3N2O2/c1-13-2-5-16(6-3-13)28-21(29)14(12-27)10-17-7-9-20(30-17)18-11-15(22(24,25)26)4-8-19(18)23/h2-11H,1H3,(H,28,29). The molecule has 0 unspecified atom stereocenters. The molecule has 0 aliphatic rings. The molecule has 0 saturated heterocycles. The van der Waals surface area contributed by atoms with Gasteiger partial charge in [-0.25, -0.2) is 0 Å². The van der Waals surface area contributed by atoms with Crippen molar-refractivity contribution in [1.82, 2.24) is 0 Å². The van der Waals surface area contributed by atoms with Crippen LogP contribution < -0.4 is 5.32 Å². The molecule has 3 rings (SSSR count). The molecule has 152 valence electrons. The van der Waals surface area contributed by atoms with Gasteiger partial charge in [0.1, 0.15) is 23.2 Å². The molecule has 0 spiro atoms. The molecular formula is C22H14ClF3N2O2. The number of halogens is 4. The predicted octanol–water partition coefficient (Wildman–Crippen LogP) is 6.47. The van der Waals surface area contributed by atoms with Gasteiger partial charge in [-0.3, -0.25) is 4.79 Å². The van der Waals surface area contributed by atoms with E-state index in [0.717, 1.165) is 23.8 Å². The number of hydrogen-bond donors (Lipinski definition) is 1. The van der Waals surface area contributed by atoms with Gasteiger partial charge in [-0.2, -0.15) is 18.4 Å². The third kappa shape index (κ3) is 4.91. The van der Waals surface area contributed by atoms with E-state index in [-0.39, 0.29) is 27.7 Å². The molecule has 1 heterocycles. The maximum atomic E-state index is 13.0. The van der Waals surface area contributed by atoms with Crippen LogP contribution in [0.1, 0.15) is 16.9 Å². The average Bonchev–Trinajstić information content (AvgIpc) is 3.15. The van der Waals surface area contributed by atoms with E-state index in [1.54, 1.807) is 18.2 Å². The molecule has 8 heteroatoms. The third-order valence-electron chi connectivity index (χ3n) is 4.15. The number of alkyl halides is 3. The summed E-state index contributed by atoms with van der Waals surface area (Å²) in [6, 6.07) is 14.5. The average molecular weight is 431 g/mol. The SMILES string of the molecule is Cc1ccc(NC(=O)C(C#N)=Cc2ccc(-c3cc(C(F)(F)F)ccc3Cl)o2)cc1. The highest BCUT2D eigenvalue weighted by Gasteiger charge is 2.31. The Morgan fingerprint density at radius 1 is 1.13 bits per heavy atom. The van der Waals surface area contributed by atoms with Gasteiger partial charge in [0.2, 0.25) is 0 Å². The van der Waals surface area contributed by atoms with Crippen molar-refractivity contribution in [3.63, 3.8) is 0 Å². The normalized spacial score (nSPS) is 11.8. The van der Waals surface area contributed by atoms with Crippen LogP contribution in [0.5, 0.6) is 0 Å². The van der Waals surface area contributed by atoms with E-state index in [2.05, 4.69) is 5.32 Å². The number of amides is 1. The Morgan fingerprint density at radius 2 is 1.83 bits per heavy atom. The van der Waals surface area contributed by atoms with E-state index in [9.17, 15) is 23.2 Å². The lowest BCUT2D eigenvalue weighted by Crippen LogP contribution is -2.13. The van der Waals surface area contributed by atoms with Crippen LogP contribution in [0.2, 0.25) is 5.02 Å². The second-order valence-corrected chi connectivity index (χ2v) is 6.79. The summed E-state index contributed by atoms with van der Waals surface area (Å²) >= 11 is 6.02. The summed E-state index contributed by atoms with van der Waals surface area (Å²) in [5, 5.41) is 12.0. The molecule has 0 fully saturated rings. The van der Waals surface area contributed by atoms with Crippen molar-refractivity contribution in [2.45, 2.75) is 13.1 Å². The fourth-order valence-electron chi connectivity index (χ4n) is 2.59. The molecule has 1 N–H and O–H groups in total. The zero-order valence-corrected chi connectivity index (χ0v) is 16.3. The van der Waals surface area contributed by atoms with Crippen LogP contribution in [-0.4, -0.2) is 5.91 Å². The topological polar surface area (TPSA) is 66.0 Å². The van der Waals surface area contributed by atoms with Crippen molar-refractivity contribution >= 4 is 29.3 Å². The number of aryl methyl sites for hydroxylation is 1. The Kier molecular flexibility index (Phi) is 5.99. The second-order valence-electron chi connectivity index (χ2n) is 6.38. The summed E-state index contributed by atoms with van der Waals surface area (Å²) < 4.78 is 44.4. The van der Waals surface area contributed by atoms with Gasteiger partial charge in [0.15, 0.2) is 0 Å². The van der Waals surface area contributed by atoms with Crippen molar-refractivity contribution in [1.29, 1.82) is 5.26 Å². The first-order chi connectivity index (χ1) is 14.2. The molecular weight excluding hydrogens is 417 g/mol. The van der Waals surface area contributed by atoms with Gasteiger partial charge in [0, 0.05) is 17.3 Å². The zero-order chi connectivity index (χ0) is 21.9. The van der Waals surface area contributed by atoms with E-state index < -0.39 is 17.6 Å². The molecule has 0 radical (unpaired) electrons. The highest BCUT2D eigenvalue weighted by molar-refractivity contribution is 6.33. The lowest BCUT2D eigenvalue weighted by molar-refractivity contribution is -0.137. The largest absolute Gasteiger partial charge is 0.457 e. The van der Waals surface area contributed by atoms with Crippen molar-refractivity contribution in [3.8, 4) is 17.4 Å². The van der Waals surface area contributed by atoms with Crippen LogP contribution in [0.25, 0.3) is 17.4 Å². The minimum Gasteiger partial charge on any atom is -0.457 e. The molecule has 0 aliphatic heterocycles. The summed E-state index contributed by atoms with van der Waals surface area (Å²) in [6.45, 7) is 1.90. The number of carbonyl (C=O) groups is 1. The number of nitrogens with one attached hydrogen (secondary N) is 1. The van der Waals surface area contributed by atoms with Crippen LogP contribution in [0.15, 0.2) is 64.6 Å².